The molecule has 1 aliphatic heterocycles. The highest BCUT2D eigenvalue weighted by Crippen LogP contribution is 2.34. The summed E-state index contributed by atoms with van der Waals surface area (Å²) in [6.07, 6.45) is 0.589. The van der Waals surface area contributed by atoms with Crippen LogP contribution < -0.4 is 4.74 Å². The van der Waals surface area contributed by atoms with Gasteiger partial charge in [0, 0.05) is 12.0 Å². The molecule has 1 saturated heterocycles. The Kier molecular flexibility index (Phi) is 4.81. The first-order valence-electron chi connectivity index (χ1n) is 8.35. The highest BCUT2D eigenvalue weighted by molar-refractivity contribution is 8.00. The molecule has 8 heteroatoms. The number of cyclic esters (lactones) is 1. The van der Waals surface area contributed by atoms with Gasteiger partial charge < -0.3 is 9.47 Å². The van der Waals surface area contributed by atoms with Crippen molar-refractivity contribution in [3.05, 3.63) is 54.3 Å². The zero-order valence-electron chi connectivity index (χ0n) is 14.5. The van der Waals surface area contributed by atoms with Gasteiger partial charge in [0.2, 0.25) is 0 Å². The van der Waals surface area contributed by atoms with Crippen LogP contribution in [0.5, 0.6) is 5.75 Å². The summed E-state index contributed by atoms with van der Waals surface area (Å²) in [6, 6.07) is 13.7. The molecule has 3 aromatic rings. The Hall–Kier alpha value is -2.87. The number of carbonyl (C=O) groups excluding carboxylic acids is 1. The number of benzene rings is 2. The van der Waals surface area contributed by atoms with Crippen molar-refractivity contribution in [1.82, 2.24) is 14.8 Å². The second-order valence-electron chi connectivity index (χ2n) is 5.88. The van der Waals surface area contributed by atoms with Crippen LogP contribution in [-0.2, 0) is 9.53 Å². The van der Waals surface area contributed by atoms with Gasteiger partial charge in [-0.05, 0) is 36.4 Å². The van der Waals surface area contributed by atoms with E-state index in [0.29, 0.717) is 35.4 Å². The molecule has 138 valence electrons. The third-order valence-electron chi connectivity index (χ3n) is 4.21. The van der Waals surface area contributed by atoms with E-state index < -0.39 is 5.82 Å². The fourth-order valence-electron chi connectivity index (χ4n) is 2.84. The average Bonchev–Trinajstić information content (AvgIpc) is 3.29. The minimum absolute atomic E-state index is 0.283. The number of halogens is 1. The number of methoxy groups -OCH3 is 1. The summed E-state index contributed by atoms with van der Waals surface area (Å²) in [5, 5.41) is 8.55. The van der Waals surface area contributed by atoms with Crippen molar-refractivity contribution in [2.45, 2.75) is 16.8 Å². The fraction of sp³-hybridized carbons (Fsp3) is 0.211. The zero-order chi connectivity index (χ0) is 18.8. The number of hydrogen-bond donors (Lipinski definition) is 0. The summed E-state index contributed by atoms with van der Waals surface area (Å²) in [5.41, 5.74) is 1.08. The SMILES string of the molecule is COc1ccc(-c2nnc(SC3CCOC3=O)n2-c2ccccc2F)cc1. The van der Waals surface area contributed by atoms with E-state index in [-0.39, 0.29) is 11.2 Å². The highest BCUT2D eigenvalue weighted by Gasteiger charge is 2.30. The molecule has 0 N–H and O–H groups in total. The molecular formula is C19H16FN3O3S. The molecule has 0 aliphatic carbocycles. The van der Waals surface area contributed by atoms with Crippen molar-refractivity contribution < 1.29 is 18.7 Å². The van der Waals surface area contributed by atoms with Gasteiger partial charge in [0.25, 0.3) is 0 Å². The van der Waals surface area contributed by atoms with E-state index in [4.69, 9.17) is 9.47 Å². The molecule has 1 aliphatic rings. The van der Waals surface area contributed by atoms with Crippen LogP contribution in [0.1, 0.15) is 6.42 Å². The molecule has 1 fully saturated rings. The fourth-order valence-corrected chi connectivity index (χ4v) is 3.85. The quantitative estimate of drug-likeness (QED) is 0.627. The Morgan fingerprint density at radius 1 is 1.19 bits per heavy atom. The Morgan fingerprint density at radius 2 is 1.96 bits per heavy atom. The first kappa shape index (κ1) is 17.5. The summed E-state index contributed by atoms with van der Waals surface area (Å²) in [6.45, 7) is 0.385. The molecule has 0 radical (unpaired) electrons. The van der Waals surface area contributed by atoms with Gasteiger partial charge in [0.15, 0.2) is 11.0 Å². The van der Waals surface area contributed by atoms with Crippen molar-refractivity contribution in [3.63, 3.8) is 0 Å². The highest BCUT2D eigenvalue weighted by atomic mass is 32.2. The van der Waals surface area contributed by atoms with Gasteiger partial charge in [-0.2, -0.15) is 0 Å². The number of carbonyl (C=O) groups is 1. The number of ether oxygens (including phenoxy) is 2. The lowest BCUT2D eigenvalue weighted by molar-refractivity contribution is -0.137. The van der Waals surface area contributed by atoms with Crippen LogP contribution in [0.3, 0.4) is 0 Å². The smallest absolute Gasteiger partial charge is 0.319 e. The summed E-state index contributed by atoms with van der Waals surface area (Å²) in [4.78, 5) is 11.9. The molecule has 1 atom stereocenters. The van der Waals surface area contributed by atoms with Gasteiger partial charge >= 0.3 is 5.97 Å². The monoisotopic (exact) mass is 385 g/mol. The molecule has 0 amide bonds. The average molecular weight is 385 g/mol. The maximum atomic E-state index is 14.5. The van der Waals surface area contributed by atoms with Gasteiger partial charge in [0.1, 0.15) is 16.8 Å². The van der Waals surface area contributed by atoms with E-state index in [1.807, 2.05) is 12.1 Å². The molecule has 0 spiro atoms. The van der Waals surface area contributed by atoms with Crippen LogP contribution >= 0.6 is 11.8 Å². The lowest BCUT2D eigenvalue weighted by atomic mass is 10.2. The Balaban J connectivity index is 1.81. The van der Waals surface area contributed by atoms with Crippen molar-refractivity contribution in [2.75, 3.05) is 13.7 Å². The predicted octanol–water partition coefficient (Wildman–Crippen LogP) is 3.49. The van der Waals surface area contributed by atoms with E-state index in [2.05, 4.69) is 10.2 Å². The Labute approximate surface area is 159 Å². The van der Waals surface area contributed by atoms with E-state index in [1.54, 1.807) is 42.0 Å². The van der Waals surface area contributed by atoms with Crippen molar-refractivity contribution in [1.29, 1.82) is 0 Å². The second kappa shape index (κ2) is 7.40. The minimum atomic E-state index is -0.400. The van der Waals surface area contributed by atoms with E-state index in [0.717, 1.165) is 5.56 Å². The molecule has 2 heterocycles. The molecule has 2 aromatic carbocycles. The molecule has 0 saturated carbocycles. The van der Waals surface area contributed by atoms with Gasteiger partial charge in [0.05, 0.1) is 19.4 Å². The molecule has 1 unspecified atom stereocenters. The molecular weight excluding hydrogens is 369 g/mol. The summed E-state index contributed by atoms with van der Waals surface area (Å²) in [5.74, 6) is 0.507. The number of esters is 1. The van der Waals surface area contributed by atoms with Crippen LogP contribution in [0.15, 0.2) is 53.7 Å². The second-order valence-corrected chi connectivity index (χ2v) is 7.05. The van der Waals surface area contributed by atoms with Crippen LogP contribution in [0.2, 0.25) is 0 Å². The van der Waals surface area contributed by atoms with E-state index in [1.165, 1.54) is 17.8 Å². The van der Waals surface area contributed by atoms with Gasteiger partial charge in [-0.15, -0.1) is 10.2 Å². The van der Waals surface area contributed by atoms with Crippen molar-refractivity contribution in [3.8, 4) is 22.8 Å². The zero-order valence-corrected chi connectivity index (χ0v) is 15.3. The minimum Gasteiger partial charge on any atom is -0.497 e. The normalized spacial score (nSPS) is 16.4. The molecule has 1 aromatic heterocycles. The third-order valence-corrected chi connectivity index (χ3v) is 5.40. The van der Waals surface area contributed by atoms with E-state index >= 15 is 0 Å². The number of rotatable bonds is 5. The van der Waals surface area contributed by atoms with Crippen LogP contribution in [0.25, 0.3) is 17.1 Å². The molecule has 0 bridgehead atoms. The van der Waals surface area contributed by atoms with Crippen molar-refractivity contribution in [2.24, 2.45) is 0 Å². The number of aromatic nitrogens is 3. The van der Waals surface area contributed by atoms with Gasteiger partial charge in [-0.1, -0.05) is 23.9 Å². The van der Waals surface area contributed by atoms with Crippen LogP contribution in [-0.4, -0.2) is 39.7 Å². The summed E-state index contributed by atoms with van der Waals surface area (Å²) in [7, 11) is 1.59. The lowest BCUT2D eigenvalue weighted by Crippen LogP contribution is -2.11. The third kappa shape index (κ3) is 3.40. The molecule has 4 rings (SSSR count). The lowest BCUT2D eigenvalue weighted by Gasteiger charge is -2.12. The Morgan fingerprint density at radius 3 is 2.63 bits per heavy atom. The first-order chi connectivity index (χ1) is 13.2. The largest absolute Gasteiger partial charge is 0.497 e. The summed E-state index contributed by atoms with van der Waals surface area (Å²) < 4.78 is 26.4. The number of nitrogens with zero attached hydrogens (tertiary/aromatic N) is 3. The standard InChI is InChI=1S/C19H16FN3O3S/c1-25-13-8-6-12(7-9-13)17-21-22-19(27-16-10-11-26-18(16)24)23(17)15-5-3-2-4-14(15)20/h2-9,16H,10-11H2,1H3. The number of thioether (sulfide) groups is 1. The van der Waals surface area contributed by atoms with E-state index in [9.17, 15) is 9.18 Å². The van der Waals surface area contributed by atoms with Crippen LogP contribution in [0.4, 0.5) is 4.39 Å². The van der Waals surface area contributed by atoms with Crippen LogP contribution in [0, 0.1) is 5.82 Å². The molecule has 6 nitrogen and oxygen atoms in total. The topological polar surface area (TPSA) is 66.2 Å². The predicted molar refractivity (Wildman–Crippen MR) is 98.5 cm³/mol. The Bertz CT molecular complexity index is 975. The molecule has 27 heavy (non-hydrogen) atoms. The van der Waals surface area contributed by atoms with Gasteiger partial charge in [-0.3, -0.25) is 9.36 Å². The maximum Gasteiger partial charge on any atom is 0.319 e. The first-order valence-corrected chi connectivity index (χ1v) is 9.23. The number of hydrogen-bond acceptors (Lipinski definition) is 6. The van der Waals surface area contributed by atoms with Gasteiger partial charge in [-0.25, -0.2) is 4.39 Å². The van der Waals surface area contributed by atoms with Crippen molar-refractivity contribution >= 4 is 17.7 Å². The summed E-state index contributed by atoms with van der Waals surface area (Å²) >= 11 is 1.24. The number of para-hydroxylation sites is 1. The maximum absolute atomic E-state index is 14.5.